The smallest absolute Gasteiger partial charge is 0.0142 e. The van der Waals surface area contributed by atoms with Gasteiger partial charge in [0, 0.05) is 0 Å². The van der Waals surface area contributed by atoms with Gasteiger partial charge in [-0.1, -0.05) is 90.3 Å². The van der Waals surface area contributed by atoms with E-state index in [9.17, 15) is 0 Å². The predicted octanol–water partition coefficient (Wildman–Crippen LogP) is 9.67. The zero-order valence-electron chi connectivity index (χ0n) is 20.8. The highest BCUT2D eigenvalue weighted by molar-refractivity contribution is 5.27. The van der Waals surface area contributed by atoms with E-state index in [2.05, 4.69) is 58.9 Å². The molecule has 3 unspecified atom stereocenters. The zero-order valence-corrected chi connectivity index (χ0v) is 20.8. The van der Waals surface area contributed by atoms with Crippen LogP contribution in [0.1, 0.15) is 119 Å². The molecule has 29 heavy (non-hydrogen) atoms. The lowest BCUT2D eigenvalue weighted by atomic mass is 9.63. The van der Waals surface area contributed by atoms with Crippen LogP contribution in [-0.4, -0.2) is 0 Å². The summed E-state index contributed by atoms with van der Waals surface area (Å²) in [6.45, 7) is 16.2. The molecule has 0 aromatic carbocycles. The van der Waals surface area contributed by atoms with Gasteiger partial charge in [-0.15, -0.1) is 0 Å². The fourth-order valence-corrected chi connectivity index (χ4v) is 6.26. The second-order valence-electron chi connectivity index (χ2n) is 11.0. The van der Waals surface area contributed by atoms with E-state index in [-0.39, 0.29) is 0 Å². The molecule has 0 heteroatoms. The van der Waals surface area contributed by atoms with Gasteiger partial charge in [-0.2, -0.15) is 0 Å². The Bertz CT molecular complexity index is 585. The van der Waals surface area contributed by atoms with Gasteiger partial charge in [-0.3, -0.25) is 0 Å². The highest BCUT2D eigenvalue weighted by Gasteiger charge is 2.48. The van der Waals surface area contributed by atoms with Crippen LogP contribution in [0.2, 0.25) is 0 Å². The summed E-state index contributed by atoms with van der Waals surface area (Å²) in [6, 6.07) is 0. The molecular weight excluding hydrogens is 348 g/mol. The summed E-state index contributed by atoms with van der Waals surface area (Å²) >= 11 is 0. The highest BCUT2D eigenvalue weighted by atomic mass is 14.5. The molecule has 166 valence electrons. The van der Waals surface area contributed by atoms with E-state index in [0.29, 0.717) is 10.8 Å². The van der Waals surface area contributed by atoms with Crippen LogP contribution in [-0.2, 0) is 0 Å². The van der Waals surface area contributed by atoms with Crippen molar-refractivity contribution in [1.29, 1.82) is 0 Å². The molecule has 0 bridgehead atoms. The van der Waals surface area contributed by atoms with Crippen LogP contribution in [0.25, 0.3) is 0 Å². The third kappa shape index (κ3) is 6.11. The fraction of sp³-hybridized carbons (Fsp3) is 0.793. The topological polar surface area (TPSA) is 0 Å². The second-order valence-corrected chi connectivity index (χ2v) is 11.0. The highest BCUT2D eigenvalue weighted by Crippen LogP contribution is 2.58. The van der Waals surface area contributed by atoms with Crippen molar-refractivity contribution in [3.8, 4) is 0 Å². The molecule has 3 saturated carbocycles. The second kappa shape index (κ2) is 11.0. The maximum absolute atomic E-state index is 2.62. The van der Waals surface area contributed by atoms with Gasteiger partial charge in [0.2, 0.25) is 0 Å². The summed E-state index contributed by atoms with van der Waals surface area (Å²) in [4.78, 5) is 0. The third-order valence-electron chi connectivity index (χ3n) is 8.22. The third-order valence-corrected chi connectivity index (χ3v) is 8.22. The average Bonchev–Trinajstić information content (AvgIpc) is 3.02. The van der Waals surface area contributed by atoms with Crippen LogP contribution < -0.4 is 0 Å². The molecule has 0 aromatic rings. The summed E-state index contributed by atoms with van der Waals surface area (Å²) in [5, 5.41) is 0. The van der Waals surface area contributed by atoms with Gasteiger partial charge in [-0.05, 0) is 92.8 Å². The molecule has 0 N–H and O–H groups in total. The summed E-state index contributed by atoms with van der Waals surface area (Å²) in [5.41, 5.74) is 4.46. The Kier molecular flexibility index (Phi) is 9.30. The lowest BCUT2D eigenvalue weighted by Gasteiger charge is -2.42. The summed E-state index contributed by atoms with van der Waals surface area (Å²) in [5.74, 6) is 2.53. The largest absolute Gasteiger partial charge is 0.0883 e. The minimum Gasteiger partial charge on any atom is -0.0883 e. The van der Waals surface area contributed by atoms with Crippen LogP contribution in [0.3, 0.4) is 0 Å². The lowest BCUT2D eigenvalue weighted by Crippen LogP contribution is -2.33. The van der Waals surface area contributed by atoms with E-state index in [1.807, 2.05) is 13.8 Å². The molecule has 0 radical (unpaired) electrons. The molecule has 3 aliphatic rings. The molecule has 0 heterocycles. The first-order chi connectivity index (χ1) is 13.8. The Morgan fingerprint density at radius 2 is 1.66 bits per heavy atom. The van der Waals surface area contributed by atoms with Gasteiger partial charge in [0.15, 0.2) is 0 Å². The normalized spacial score (nSPS) is 34.5. The van der Waals surface area contributed by atoms with Crippen molar-refractivity contribution in [2.45, 2.75) is 119 Å². The molecule has 0 aromatic heterocycles. The monoisotopic (exact) mass is 398 g/mol. The number of hydrogen-bond acceptors (Lipinski definition) is 0. The maximum atomic E-state index is 2.62. The van der Waals surface area contributed by atoms with Crippen molar-refractivity contribution in [2.75, 3.05) is 0 Å². The molecular formula is C29H50. The van der Waals surface area contributed by atoms with Gasteiger partial charge < -0.3 is 0 Å². The molecule has 0 spiro atoms. The SMILES string of the molecule is CC.CC(C)C/C=C/CC1CCC2/C(=C/C=C3/CCCCC3(C)C)CCCC12C. The van der Waals surface area contributed by atoms with Crippen molar-refractivity contribution in [3.63, 3.8) is 0 Å². The van der Waals surface area contributed by atoms with E-state index in [1.165, 1.54) is 70.6 Å². The summed E-state index contributed by atoms with van der Waals surface area (Å²) < 4.78 is 0. The van der Waals surface area contributed by atoms with Gasteiger partial charge in [0.1, 0.15) is 0 Å². The Morgan fingerprint density at radius 3 is 2.34 bits per heavy atom. The van der Waals surface area contributed by atoms with Crippen LogP contribution >= 0.6 is 0 Å². The van der Waals surface area contributed by atoms with E-state index in [4.69, 9.17) is 0 Å². The molecule has 0 amide bonds. The first kappa shape index (κ1) is 24.5. The van der Waals surface area contributed by atoms with Crippen molar-refractivity contribution < 1.29 is 0 Å². The molecule has 3 atom stereocenters. The van der Waals surface area contributed by atoms with E-state index in [1.54, 1.807) is 11.1 Å². The van der Waals surface area contributed by atoms with E-state index < -0.39 is 0 Å². The van der Waals surface area contributed by atoms with Crippen molar-refractivity contribution in [2.24, 2.45) is 28.6 Å². The minimum absolute atomic E-state index is 0.423. The Labute approximate surface area is 183 Å². The fourth-order valence-electron chi connectivity index (χ4n) is 6.26. The van der Waals surface area contributed by atoms with Gasteiger partial charge >= 0.3 is 0 Å². The van der Waals surface area contributed by atoms with Crippen LogP contribution in [0.5, 0.6) is 0 Å². The summed E-state index contributed by atoms with van der Waals surface area (Å²) in [6.07, 6.45) is 25.2. The lowest BCUT2D eigenvalue weighted by molar-refractivity contribution is 0.137. The van der Waals surface area contributed by atoms with Crippen LogP contribution in [0.15, 0.2) is 35.5 Å². The van der Waals surface area contributed by atoms with Crippen molar-refractivity contribution in [1.82, 2.24) is 0 Å². The van der Waals surface area contributed by atoms with Gasteiger partial charge in [0.25, 0.3) is 0 Å². The van der Waals surface area contributed by atoms with Crippen LogP contribution in [0.4, 0.5) is 0 Å². The molecule has 0 aliphatic heterocycles. The molecule has 0 saturated heterocycles. The summed E-state index contributed by atoms with van der Waals surface area (Å²) in [7, 11) is 0. The number of allylic oxidation sites excluding steroid dienone is 6. The zero-order chi connectivity index (χ0) is 21.5. The Morgan fingerprint density at radius 1 is 0.897 bits per heavy atom. The molecule has 0 nitrogen and oxygen atoms in total. The number of fused-ring (bicyclic) bond motifs is 1. The Hall–Kier alpha value is -0.780. The minimum atomic E-state index is 0.423. The molecule has 3 aliphatic carbocycles. The first-order valence-electron chi connectivity index (χ1n) is 12.9. The predicted molar refractivity (Wildman–Crippen MR) is 131 cm³/mol. The van der Waals surface area contributed by atoms with Gasteiger partial charge in [0.05, 0.1) is 0 Å². The number of rotatable bonds is 5. The maximum Gasteiger partial charge on any atom is -0.0142 e. The van der Waals surface area contributed by atoms with Crippen molar-refractivity contribution in [3.05, 3.63) is 35.5 Å². The average molecular weight is 399 g/mol. The Balaban J connectivity index is 0.00000145. The quantitative estimate of drug-likeness (QED) is 0.404. The van der Waals surface area contributed by atoms with Crippen LogP contribution in [0, 0.1) is 28.6 Å². The van der Waals surface area contributed by atoms with Crippen molar-refractivity contribution >= 4 is 0 Å². The first-order valence-corrected chi connectivity index (χ1v) is 12.9. The van der Waals surface area contributed by atoms with E-state index in [0.717, 1.165) is 17.8 Å². The van der Waals surface area contributed by atoms with E-state index >= 15 is 0 Å². The number of hydrogen-bond donors (Lipinski definition) is 0. The molecule has 3 rings (SSSR count). The van der Waals surface area contributed by atoms with Gasteiger partial charge in [-0.25, -0.2) is 0 Å². The standard InChI is InChI=1S/C27H44.C2H6/c1-21(2)11-6-7-14-24-17-18-25-22(12-10-20-27(24,25)5)15-16-23-13-8-9-19-26(23,3)4;1-2/h6-7,15-16,21,24-25H,8-14,17-20H2,1-5H3;1-2H3/b7-6+,22-15+,23-16-;. The molecule has 3 fully saturated rings.